The maximum Gasteiger partial charge on any atom is 0.343 e. The number of hydrogen-bond acceptors (Lipinski definition) is 5. The lowest BCUT2D eigenvalue weighted by molar-refractivity contribution is -0.142. The van der Waals surface area contributed by atoms with Gasteiger partial charge >= 0.3 is 5.97 Å². The van der Waals surface area contributed by atoms with E-state index in [-0.39, 0.29) is 18.3 Å². The quantitative estimate of drug-likeness (QED) is 0.720. The Morgan fingerprint density at radius 2 is 2.15 bits per heavy atom. The van der Waals surface area contributed by atoms with Crippen LogP contribution in [-0.2, 0) is 16.0 Å². The maximum atomic E-state index is 13.9. The molecule has 0 spiro atoms. The molecule has 1 N–H and O–H groups in total. The van der Waals surface area contributed by atoms with Gasteiger partial charge in [-0.2, -0.15) is 0 Å². The van der Waals surface area contributed by atoms with Crippen LogP contribution in [0.25, 0.3) is 0 Å². The molecule has 1 aliphatic heterocycles. The van der Waals surface area contributed by atoms with Gasteiger partial charge in [0.2, 0.25) is 0 Å². The third kappa shape index (κ3) is 4.42. The van der Waals surface area contributed by atoms with Gasteiger partial charge in [-0.15, -0.1) is 0 Å². The molecular formula is C20H20BrFO5. The van der Waals surface area contributed by atoms with E-state index < -0.39 is 17.9 Å². The number of hydrogen-bond donors (Lipinski definition) is 1. The Morgan fingerprint density at radius 3 is 2.89 bits per heavy atom. The third-order valence-corrected chi connectivity index (χ3v) is 5.08. The summed E-state index contributed by atoms with van der Waals surface area (Å²) in [6, 6.07) is 8.30. The van der Waals surface area contributed by atoms with Crippen LogP contribution < -0.4 is 9.47 Å². The molecule has 0 radical (unpaired) electrons. The predicted octanol–water partition coefficient (Wildman–Crippen LogP) is 3.73. The SMILES string of the molecule is COC(=O)COc1cc(C[C@H]2COc3c(Br)cc(C)cc3[C@H]2O)ccc1F. The summed E-state index contributed by atoms with van der Waals surface area (Å²) in [5, 5.41) is 10.8. The molecule has 3 rings (SSSR count). The first kappa shape index (κ1) is 19.6. The number of carbonyl (C=O) groups excluding carboxylic acids is 1. The lowest BCUT2D eigenvalue weighted by atomic mass is 9.87. The monoisotopic (exact) mass is 438 g/mol. The number of aliphatic hydroxyl groups is 1. The Morgan fingerprint density at radius 1 is 1.37 bits per heavy atom. The Kier molecular flexibility index (Phi) is 6.01. The zero-order chi connectivity index (χ0) is 19.6. The van der Waals surface area contributed by atoms with Crippen LogP contribution in [0.15, 0.2) is 34.8 Å². The van der Waals surface area contributed by atoms with Crippen molar-refractivity contribution in [2.24, 2.45) is 5.92 Å². The van der Waals surface area contributed by atoms with Gasteiger partial charge in [0, 0.05) is 11.5 Å². The van der Waals surface area contributed by atoms with Gasteiger partial charge in [-0.05, 0) is 64.7 Å². The zero-order valence-electron chi connectivity index (χ0n) is 15.0. The van der Waals surface area contributed by atoms with E-state index >= 15 is 0 Å². The lowest BCUT2D eigenvalue weighted by Gasteiger charge is -2.31. The highest BCUT2D eigenvalue weighted by molar-refractivity contribution is 9.10. The van der Waals surface area contributed by atoms with E-state index in [1.165, 1.54) is 19.2 Å². The van der Waals surface area contributed by atoms with Crippen molar-refractivity contribution in [2.75, 3.05) is 20.3 Å². The molecule has 0 aromatic heterocycles. The third-order valence-electron chi connectivity index (χ3n) is 4.49. The molecule has 0 aliphatic carbocycles. The number of benzene rings is 2. The van der Waals surface area contributed by atoms with Crippen molar-refractivity contribution in [2.45, 2.75) is 19.4 Å². The zero-order valence-corrected chi connectivity index (χ0v) is 16.6. The second-order valence-electron chi connectivity index (χ2n) is 6.51. The highest BCUT2D eigenvalue weighted by Crippen LogP contribution is 2.42. The van der Waals surface area contributed by atoms with Gasteiger partial charge in [0.05, 0.1) is 24.3 Å². The molecule has 0 fully saturated rings. The van der Waals surface area contributed by atoms with Crippen molar-refractivity contribution < 1.29 is 28.5 Å². The number of methoxy groups -OCH3 is 1. The van der Waals surface area contributed by atoms with Crippen LogP contribution in [0.3, 0.4) is 0 Å². The number of esters is 1. The van der Waals surface area contributed by atoms with Crippen LogP contribution in [0.2, 0.25) is 0 Å². The Balaban J connectivity index is 1.76. The average molecular weight is 439 g/mol. The minimum absolute atomic E-state index is 0.0249. The molecule has 27 heavy (non-hydrogen) atoms. The predicted molar refractivity (Wildman–Crippen MR) is 100 cm³/mol. The molecule has 0 saturated carbocycles. The first-order valence-electron chi connectivity index (χ1n) is 8.48. The highest BCUT2D eigenvalue weighted by atomic mass is 79.9. The summed E-state index contributed by atoms with van der Waals surface area (Å²) in [7, 11) is 1.24. The molecule has 2 atom stereocenters. The van der Waals surface area contributed by atoms with Crippen molar-refractivity contribution >= 4 is 21.9 Å². The van der Waals surface area contributed by atoms with Gasteiger partial charge in [-0.25, -0.2) is 9.18 Å². The summed E-state index contributed by atoms with van der Waals surface area (Å²) in [6.07, 6.45) is -0.226. The second kappa shape index (κ2) is 8.27. The number of aliphatic hydroxyl groups excluding tert-OH is 1. The van der Waals surface area contributed by atoms with E-state index in [9.17, 15) is 14.3 Å². The van der Waals surface area contributed by atoms with Crippen LogP contribution in [0, 0.1) is 18.7 Å². The van der Waals surface area contributed by atoms with Gasteiger partial charge in [0.25, 0.3) is 0 Å². The average Bonchev–Trinajstić information content (AvgIpc) is 2.64. The first-order valence-corrected chi connectivity index (χ1v) is 9.27. The second-order valence-corrected chi connectivity index (χ2v) is 7.37. The van der Waals surface area contributed by atoms with E-state index in [0.29, 0.717) is 18.8 Å². The normalized spacial score (nSPS) is 18.4. The Labute approximate surface area is 165 Å². The molecule has 144 valence electrons. The van der Waals surface area contributed by atoms with Crippen molar-refractivity contribution in [3.63, 3.8) is 0 Å². The summed E-state index contributed by atoms with van der Waals surface area (Å²) in [5.74, 6) is -0.708. The van der Waals surface area contributed by atoms with Crippen LogP contribution in [-0.4, -0.2) is 31.4 Å². The van der Waals surface area contributed by atoms with Crippen LogP contribution in [0.5, 0.6) is 11.5 Å². The molecule has 2 aromatic rings. The molecule has 0 unspecified atom stereocenters. The molecular weight excluding hydrogens is 419 g/mol. The Bertz CT molecular complexity index is 855. The number of halogens is 2. The van der Waals surface area contributed by atoms with Gasteiger partial charge in [0.15, 0.2) is 18.2 Å². The fraction of sp³-hybridized carbons (Fsp3) is 0.350. The van der Waals surface area contributed by atoms with Crippen LogP contribution in [0.4, 0.5) is 4.39 Å². The molecule has 5 nitrogen and oxygen atoms in total. The van der Waals surface area contributed by atoms with Gasteiger partial charge in [-0.1, -0.05) is 6.07 Å². The largest absolute Gasteiger partial charge is 0.492 e. The molecule has 7 heteroatoms. The minimum Gasteiger partial charge on any atom is -0.492 e. The topological polar surface area (TPSA) is 65.0 Å². The van der Waals surface area contributed by atoms with Gasteiger partial charge in [-0.3, -0.25) is 0 Å². The fourth-order valence-electron chi connectivity index (χ4n) is 3.12. The molecule has 0 amide bonds. The summed E-state index contributed by atoms with van der Waals surface area (Å²) in [5.41, 5.74) is 2.53. The lowest BCUT2D eigenvalue weighted by Crippen LogP contribution is -2.28. The van der Waals surface area contributed by atoms with E-state index in [2.05, 4.69) is 20.7 Å². The molecule has 2 aromatic carbocycles. The number of rotatable bonds is 5. The number of ether oxygens (including phenoxy) is 3. The summed E-state index contributed by atoms with van der Waals surface area (Å²) in [6.45, 7) is 1.92. The summed E-state index contributed by atoms with van der Waals surface area (Å²) >= 11 is 3.47. The van der Waals surface area contributed by atoms with Crippen molar-refractivity contribution in [1.29, 1.82) is 0 Å². The van der Waals surface area contributed by atoms with Gasteiger partial charge < -0.3 is 19.3 Å². The molecule has 1 heterocycles. The van der Waals surface area contributed by atoms with E-state index in [1.54, 1.807) is 6.07 Å². The number of fused-ring (bicyclic) bond motifs is 1. The summed E-state index contributed by atoms with van der Waals surface area (Å²) < 4.78 is 30.2. The van der Waals surface area contributed by atoms with E-state index in [0.717, 1.165) is 21.2 Å². The van der Waals surface area contributed by atoms with Crippen molar-refractivity contribution in [3.05, 3.63) is 57.3 Å². The highest BCUT2D eigenvalue weighted by Gasteiger charge is 2.31. The molecule has 0 saturated heterocycles. The minimum atomic E-state index is -0.700. The molecule has 1 aliphatic rings. The number of aryl methyl sites for hydroxylation is 1. The Hall–Kier alpha value is -2.12. The maximum absolute atomic E-state index is 13.9. The van der Waals surface area contributed by atoms with Gasteiger partial charge in [0.1, 0.15) is 5.75 Å². The van der Waals surface area contributed by atoms with Crippen molar-refractivity contribution in [3.8, 4) is 11.5 Å². The first-order chi connectivity index (χ1) is 12.9. The van der Waals surface area contributed by atoms with E-state index in [4.69, 9.17) is 9.47 Å². The standard InChI is InChI=1S/C20H20BrFO5/c1-11-5-14-19(24)13(9-27-20(14)15(21)6-11)7-12-3-4-16(22)17(8-12)26-10-18(23)25-2/h3-6,8,13,19,24H,7,9-10H2,1-2H3/t13-,19-/m0/s1. The molecule has 0 bridgehead atoms. The smallest absolute Gasteiger partial charge is 0.343 e. The van der Waals surface area contributed by atoms with Crippen LogP contribution >= 0.6 is 15.9 Å². The fourth-order valence-corrected chi connectivity index (χ4v) is 3.82. The van der Waals surface area contributed by atoms with E-state index in [1.807, 2.05) is 19.1 Å². The number of carbonyl (C=O) groups is 1. The van der Waals surface area contributed by atoms with Crippen molar-refractivity contribution in [1.82, 2.24) is 0 Å². The van der Waals surface area contributed by atoms with Crippen LogP contribution in [0.1, 0.15) is 22.8 Å². The summed E-state index contributed by atoms with van der Waals surface area (Å²) in [4.78, 5) is 11.2.